The van der Waals surface area contributed by atoms with E-state index in [1.54, 1.807) is 19.9 Å². The van der Waals surface area contributed by atoms with E-state index < -0.39 is 15.3 Å². The molecule has 88 valence electrons. The monoisotopic (exact) mass is 264 g/mol. The topological polar surface area (TPSA) is 106 Å². The number of carbonyl (C=O) groups excluding carboxylic acids is 1. The van der Waals surface area contributed by atoms with Crippen molar-refractivity contribution in [1.82, 2.24) is 9.97 Å². The Morgan fingerprint density at radius 1 is 1.38 bits per heavy atom. The number of aryl methyl sites for hydroxylation is 2. The van der Waals surface area contributed by atoms with Crippen LogP contribution in [0.15, 0.2) is 6.07 Å². The van der Waals surface area contributed by atoms with Crippen molar-refractivity contribution < 1.29 is 13.2 Å². The number of hydrogen-bond acceptors (Lipinski definition) is 5. The molecule has 0 fully saturated rings. The average molecular weight is 265 g/mol. The maximum Gasteiger partial charge on any atom is 0.336 e. The predicted octanol–water partition coefficient (Wildman–Crippen LogP) is 0.462. The first kappa shape index (κ1) is 12.7. The fourth-order valence-electron chi connectivity index (χ4n) is 1.10. The molecule has 9 heteroatoms. The molecule has 0 saturated carbocycles. The van der Waals surface area contributed by atoms with E-state index in [2.05, 4.69) is 9.97 Å². The van der Waals surface area contributed by atoms with Crippen LogP contribution in [0, 0.1) is 13.8 Å². The molecular weight excluding hydrogens is 256 g/mol. The molecule has 0 bridgehead atoms. The van der Waals surface area contributed by atoms with Crippen molar-refractivity contribution in [3.05, 3.63) is 17.5 Å². The molecule has 2 N–H and O–H groups in total. The molecule has 0 atom stereocenters. The van der Waals surface area contributed by atoms with E-state index in [0.29, 0.717) is 11.4 Å². The number of urea groups is 1. The van der Waals surface area contributed by atoms with Gasteiger partial charge in [-0.1, -0.05) is 0 Å². The van der Waals surface area contributed by atoms with Gasteiger partial charge in [0.25, 0.3) is 0 Å². The molecule has 0 unspecified atom stereocenters. The highest BCUT2D eigenvalue weighted by atomic mass is 35.7. The quantitative estimate of drug-likeness (QED) is 0.781. The number of aromatic nitrogens is 2. The number of nitrogens with two attached hydrogens (primary N) is 1. The molecule has 7 nitrogen and oxygen atoms in total. The maximum atomic E-state index is 11.1. The molecule has 0 saturated heterocycles. The van der Waals surface area contributed by atoms with Gasteiger partial charge in [-0.05, 0) is 19.9 Å². The lowest BCUT2D eigenvalue weighted by molar-refractivity contribution is 0.256. The zero-order valence-corrected chi connectivity index (χ0v) is 10.1. The Morgan fingerprint density at radius 3 is 2.12 bits per heavy atom. The number of primary amides is 1. The molecule has 16 heavy (non-hydrogen) atoms. The lowest BCUT2D eigenvalue weighted by Gasteiger charge is -2.14. The summed E-state index contributed by atoms with van der Waals surface area (Å²) in [7, 11) is 0.706. The molecule has 0 aliphatic rings. The summed E-state index contributed by atoms with van der Waals surface area (Å²) in [6, 6.07) is 0.351. The lowest BCUT2D eigenvalue weighted by Crippen LogP contribution is -2.39. The molecular formula is C7H9ClN4O3S. The summed E-state index contributed by atoms with van der Waals surface area (Å²) < 4.78 is 22.3. The Balaban J connectivity index is 3.38. The molecule has 2 amide bonds. The number of nitrogens with zero attached hydrogens (tertiary/aromatic N) is 3. The highest BCUT2D eigenvalue weighted by molar-refractivity contribution is 8.15. The van der Waals surface area contributed by atoms with Gasteiger partial charge in [0.2, 0.25) is 5.95 Å². The SMILES string of the molecule is Cc1cc(C)nc(N(C(N)=O)S(=O)(=O)Cl)n1. The van der Waals surface area contributed by atoms with Gasteiger partial charge in [-0.3, -0.25) is 0 Å². The first-order valence-corrected chi connectivity index (χ1v) is 6.35. The molecule has 0 radical (unpaired) electrons. The van der Waals surface area contributed by atoms with E-state index in [-0.39, 0.29) is 10.3 Å². The van der Waals surface area contributed by atoms with Gasteiger partial charge in [-0.25, -0.2) is 14.8 Å². The van der Waals surface area contributed by atoms with Crippen LogP contribution in [0.3, 0.4) is 0 Å². The zero-order chi connectivity index (χ0) is 12.5. The van der Waals surface area contributed by atoms with Gasteiger partial charge >= 0.3 is 15.3 Å². The zero-order valence-electron chi connectivity index (χ0n) is 8.51. The molecule has 0 aromatic carbocycles. The lowest BCUT2D eigenvalue weighted by atomic mass is 10.4. The normalized spacial score (nSPS) is 11.2. The van der Waals surface area contributed by atoms with E-state index in [0.717, 1.165) is 0 Å². The van der Waals surface area contributed by atoms with Gasteiger partial charge in [-0.2, -0.15) is 8.42 Å². The second kappa shape index (κ2) is 4.22. The van der Waals surface area contributed by atoms with E-state index in [4.69, 9.17) is 16.4 Å². The number of rotatable bonds is 2. The van der Waals surface area contributed by atoms with Crippen LogP contribution in [0.2, 0.25) is 0 Å². The van der Waals surface area contributed by atoms with Crippen molar-refractivity contribution >= 4 is 31.9 Å². The predicted molar refractivity (Wildman–Crippen MR) is 58.3 cm³/mol. The summed E-state index contributed by atoms with van der Waals surface area (Å²) in [5, 5.41) is 0. The smallest absolute Gasteiger partial charge is 0.336 e. The average Bonchev–Trinajstić information content (AvgIpc) is 1.96. The summed E-state index contributed by atoms with van der Waals surface area (Å²) in [5.74, 6) is -0.361. The van der Waals surface area contributed by atoms with Crippen LogP contribution < -0.4 is 10.0 Å². The van der Waals surface area contributed by atoms with Gasteiger partial charge in [0.05, 0.1) is 0 Å². The third kappa shape index (κ3) is 2.80. The molecule has 0 aliphatic carbocycles. The van der Waals surface area contributed by atoms with Crippen molar-refractivity contribution in [1.29, 1.82) is 0 Å². The Labute approximate surface area is 96.8 Å². The van der Waals surface area contributed by atoms with Crippen LogP contribution in [0.5, 0.6) is 0 Å². The summed E-state index contributed by atoms with van der Waals surface area (Å²) in [5.41, 5.74) is 5.89. The minimum Gasteiger partial charge on any atom is -0.350 e. The van der Waals surface area contributed by atoms with E-state index in [1.165, 1.54) is 0 Å². The second-order valence-corrected chi connectivity index (χ2v) is 5.35. The Hall–Kier alpha value is -1.41. The van der Waals surface area contributed by atoms with Crippen molar-refractivity contribution in [2.45, 2.75) is 13.8 Å². The van der Waals surface area contributed by atoms with Crippen molar-refractivity contribution in [3.63, 3.8) is 0 Å². The summed E-state index contributed by atoms with van der Waals surface area (Å²) in [6.07, 6.45) is 0. The number of anilines is 1. The largest absolute Gasteiger partial charge is 0.350 e. The van der Waals surface area contributed by atoms with Crippen molar-refractivity contribution in [3.8, 4) is 0 Å². The van der Waals surface area contributed by atoms with Crippen LogP contribution >= 0.6 is 10.7 Å². The maximum absolute atomic E-state index is 11.1. The minimum atomic E-state index is -4.34. The third-order valence-corrected chi connectivity index (χ3v) is 2.76. The fraction of sp³-hybridized carbons (Fsp3) is 0.286. The second-order valence-electron chi connectivity index (χ2n) is 3.00. The highest BCUT2D eigenvalue weighted by Crippen LogP contribution is 2.16. The van der Waals surface area contributed by atoms with Crippen LogP contribution in [-0.4, -0.2) is 24.4 Å². The molecule has 1 heterocycles. The number of amides is 2. The Bertz CT molecular complexity index is 510. The van der Waals surface area contributed by atoms with Crippen LogP contribution in [-0.2, 0) is 9.24 Å². The van der Waals surface area contributed by atoms with Gasteiger partial charge in [0.15, 0.2) is 0 Å². The summed E-state index contributed by atoms with van der Waals surface area (Å²) in [4.78, 5) is 18.5. The highest BCUT2D eigenvalue weighted by Gasteiger charge is 2.28. The molecule has 0 spiro atoms. The fourth-order valence-corrected chi connectivity index (χ4v) is 1.98. The Morgan fingerprint density at radius 2 is 1.81 bits per heavy atom. The van der Waals surface area contributed by atoms with Gasteiger partial charge in [0.1, 0.15) is 0 Å². The Kier molecular flexibility index (Phi) is 3.34. The number of halogens is 1. The first-order chi connectivity index (χ1) is 7.21. The molecule has 0 aliphatic heterocycles. The molecule has 1 aromatic rings. The van der Waals surface area contributed by atoms with Crippen molar-refractivity contribution in [2.24, 2.45) is 5.73 Å². The van der Waals surface area contributed by atoms with Crippen LogP contribution in [0.1, 0.15) is 11.4 Å². The van der Waals surface area contributed by atoms with E-state index in [9.17, 15) is 13.2 Å². The first-order valence-electron chi connectivity index (χ1n) is 4.08. The molecule has 1 aromatic heterocycles. The summed E-state index contributed by atoms with van der Waals surface area (Å²) in [6.45, 7) is 3.25. The van der Waals surface area contributed by atoms with Crippen LogP contribution in [0.25, 0.3) is 0 Å². The molecule has 1 rings (SSSR count). The minimum absolute atomic E-state index is 0.133. The van der Waals surface area contributed by atoms with Crippen LogP contribution in [0.4, 0.5) is 10.7 Å². The third-order valence-electron chi connectivity index (χ3n) is 1.57. The van der Waals surface area contributed by atoms with Gasteiger partial charge in [-0.15, -0.1) is 4.31 Å². The van der Waals surface area contributed by atoms with E-state index in [1.807, 2.05) is 0 Å². The summed E-state index contributed by atoms with van der Waals surface area (Å²) >= 11 is 0. The van der Waals surface area contributed by atoms with E-state index >= 15 is 0 Å². The standard InChI is InChI=1S/C7H9ClN4O3S/c1-4-3-5(2)11-7(10-4)12(6(9)13)16(8,14)15/h3H,1-2H3,(H2,9,13). The number of hydrogen-bond donors (Lipinski definition) is 1. The van der Waals surface area contributed by atoms with Gasteiger partial charge in [0, 0.05) is 22.1 Å². The number of carbonyl (C=O) groups is 1. The van der Waals surface area contributed by atoms with Crippen molar-refractivity contribution in [2.75, 3.05) is 4.31 Å². The van der Waals surface area contributed by atoms with Gasteiger partial charge < -0.3 is 5.73 Å².